The second-order valence-electron chi connectivity index (χ2n) is 4.33. The minimum atomic E-state index is -0.482. The lowest BCUT2D eigenvalue weighted by atomic mass is 9.99. The van der Waals surface area contributed by atoms with Gasteiger partial charge in [-0.2, -0.15) is 0 Å². The molecule has 1 unspecified atom stereocenters. The number of likely N-dealkylation sites (N-methyl/N-ethyl adjacent to an activating group) is 1. The van der Waals surface area contributed by atoms with Gasteiger partial charge in [0.25, 0.3) is 0 Å². The van der Waals surface area contributed by atoms with Crippen LogP contribution >= 0.6 is 0 Å². The van der Waals surface area contributed by atoms with E-state index in [1.54, 1.807) is 25.2 Å². The van der Waals surface area contributed by atoms with Gasteiger partial charge in [0.05, 0.1) is 14.2 Å². The van der Waals surface area contributed by atoms with E-state index in [1.165, 1.54) is 0 Å². The van der Waals surface area contributed by atoms with Gasteiger partial charge in [0.1, 0.15) is 6.04 Å². The molecule has 18 heavy (non-hydrogen) atoms. The van der Waals surface area contributed by atoms with E-state index in [4.69, 9.17) is 15.2 Å². The molecule has 1 atom stereocenters. The van der Waals surface area contributed by atoms with Crippen molar-refractivity contribution in [2.24, 2.45) is 5.73 Å². The van der Waals surface area contributed by atoms with Crippen LogP contribution in [0.15, 0.2) is 12.1 Å². The van der Waals surface area contributed by atoms with Crippen LogP contribution in [0.4, 0.5) is 0 Å². The number of primary amides is 1. The second kappa shape index (κ2) is 5.73. The highest BCUT2D eigenvalue weighted by atomic mass is 16.5. The highest BCUT2D eigenvalue weighted by Crippen LogP contribution is 2.34. The third kappa shape index (κ3) is 2.73. The van der Waals surface area contributed by atoms with E-state index >= 15 is 0 Å². The Labute approximate surface area is 107 Å². The molecule has 2 N–H and O–H groups in total. The first-order valence-electron chi connectivity index (χ1n) is 5.60. The summed E-state index contributed by atoms with van der Waals surface area (Å²) < 4.78 is 10.5. The molecular weight excluding hydrogens is 232 g/mol. The maximum Gasteiger partial charge on any atom is 0.239 e. The van der Waals surface area contributed by atoms with Crippen molar-refractivity contribution >= 4 is 5.91 Å². The first-order valence-corrected chi connectivity index (χ1v) is 5.60. The highest BCUT2D eigenvalue weighted by molar-refractivity contribution is 5.82. The van der Waals surface area contributed by atoms with Crippen molar-refractivity contribution in [3.63, 3.8) is 0 Å². The molecule has 100 valence electrons. The smallest absolute Gasteiger partial charge is 0.239 e. The molecular formula is C13H20N2O3. The maximum absolute atomic E-state index is 11.6. The molecule has 1 aromatic rings. The summed E-state index contributed by atoms with van der Waals surface area (Å²) in [6.45, 7) is 1.91. The summed E-state index contributed by atoms with van der Waals surface area (Å²) >= 11 is 0. The quantitative estimate of drug-likeness (QED) is 0.852. The Morgan fingerprint density at radius 2 is 1.72 bits per heavy atom. The van der Waals surface area contributed by atoms with Crippen molar-refractivity contribution in [1.29, 1.82) is 0 Å². The zero-order chi connectivity index (χ0) is 13.9. The van der Waals surface area contributed by atoms with Crippen LogP contribution in [0, 0.1) is 6.92 Å². The van der Waals surface area contributed by atoms with Crippen molar-refractivity contribution in [2.75, 3.05) is 28.3 Å². The van der Waals surface area contributed by atoms with Gasteiger partial charge in [0, 0.05) is 0 Å². The number of hydrogen-bond acceptors (Lipinski definition) is 4. The SMILES string of the molecule is COc1cc(C)c(C(C(N)=O)N(C)C)cc1OC. The molecule has 0 aromatic heterocycles. The molecule has 5 heteroatoms. The number of carbonyl (C=O) groups is 1. The van der Waals surface area contributed by atoms with Gasteiger partial charge in [0.15, 0.2) is 11.5 Å². The predicted molar refractivity (Wildman–Crippen MR) is 69.9 cm³/mol. The molecule has 0 bridgehead atoms. The van der Waals surface area contributed by atoms with Gasteiger partial charge in [-0.15, -0.1) is 0 Å². The first kappa shape index (κ1) is 14.3. The number of benzene rings is 1. The third-order valence-corrected chi connectivity index (χ3v) is 2.85. The zero-order valence-electron chi connectivity index (χ0n) is 11.5. The number of aryl methyl sites for hydroxylation is 1. The molecule has 1 amide bonds. The number of carbonyl (C=O) groups excluding carboxylic acids is 1. The minimum Gasteiger partial charge on any atom is -0.493 e. The number of methoxy groups -OCH3 is 2. The summed E-state index contributed by atoms with van der Waals surface area (Å²) in [5.74, 6) is 0.835. The largest absolute Gasteiger partial charge is 0.493 e. The van der Waals surface area contributed by atoms with Gasteiger partial charge < -0.3 is 15.2 Å². The molecule has 5 nitrogen and oxygen atoms in total. The van der Waals surface area contributed by atoms with Crippen LogP contribution in [0.2, 0.25) is 0 Å². The number of hydrogen-bond donors (Lipinski definition) is 1. The lowest BCUT2D eigenvalue weighted by Gasteiger charge is -2.24. The zero-order valence-corrected chi connectivity index (χ0v) is 11.5. The van der Waals surface area contributed by atoms with E-state index in [9.17, 15) is 4.79 Å². The van der Waals surface area contributed by atoms with Crippen molar-refractivity contribution in [1.82, 2.24) is 4.90 Å². The summed E-state index contributed by atoms with van der Waals surface area (Å²) in [5, 5.41) is 0. The molecule has 0 fully saturated rings. The number of nitrogens with zero attached hydrogens (tertiary/aromatic N) is 1. The lowest BCUT2D eigenvalue weighted by molar-refractivity contribution is -0.122. The van der Waals surface area contributed by atoms with Gasteiger partial charge in [0.2, 0.25) is 5.91 Å². The normalized spacial score (nSPS) is 12.3. The number of ether oxygens (including phenoxy) is 2. The summed E-state index contributed by atoms with van der Waals surface area (Å²) in [4.78, 5) is 13.3. The van der Waals surface area contributed by atoms with E-state index in [-0.39, 0.29) is 0 Å². The van der Waals surface area contributed by atoms with Gasteiger partial charge >= 0.3 is 0 Å². The molecule has 1 rings (SSSR count). The van der Waals surface area contributed by atoms with E-state index in [0.717, 1.165) is 11.1 Å². The maximum atomic E-state index is 11.6. The van der Waals surface area contributed by atoms with Gasteiger partial charge in [-0.05, 0) is 44.3 Å². The predicted octanol–water partition coefficient (Wildman–Crippen LogP) is 1.10. The van der Waals surface area contributed by atoms with Crippen molar-refractivity contribution in [3.8, 4) is 11.5 Å². The Balaban J connectivity index is 3.35. The van der Waals surface area contributed by atoms with Gasteiger partial charge in [-0.3, -0.25) is 9.69 Å². The topological polar surface area (TPSA) is 64.8 Å². The first-order chi connectivity index (χ1) is 8.42. The van der Waals surface area contributed by atoms with Crippen LogP contribution < -0.4 is 15.2 Å². The summed E-state index contributed by atoms with van der Waals surface area (Å²) in [7, 11) is 6.76. The van der Waals surface area contributed by atoms with E-state index < -0.39 is 11.9 Å². The van der Waals surface area contributed by atoms with Crippen LogP contribution in [-0.2, 0) is 4.79 Å². The van der Waals surface area contributed by atoms with E-state index in [2.05, 4.69) is 0 Å². The van der Waals surface area contributed by atoms with E-state index in [1.807, 2.05) is 27.1 Å². The average Bonchev–Trinajstić information content (AvgIpc) is 2.30. The lowest BCUT2D eigenvalue weighted by Crippen LogP contribution is -2.33. The Kier molecular flexibility index (Phi) is 4.55. The van der Waals surface area contributed by atoms with Crippen LogP contribution in [0.1, 0.15) is 17.2 Å². The second-order valence-corrected chi connectivity index (χ2v) is 4.33. The Bertz CT molecular complexity index is 444. The van der Waals surface area contributed by atoms with Gasteiger partial charge in [-0.1, -0.05) is 0 Å². The fraction of sp³-hybridized carbons (Fsp3) is 0.462. The molecule has 0 heterocycles. The summed E-state index contributed by atoms with van der Waals surface area (Å²) in [5.41, 5.74) is 7.21. The summed E-state index contributed by atoms with van der Waals surface area (Å²) in [6.07, 6.45) is 0. The number of rotatable bonds is 5. The third-order valence-electron chi connectivity index (χ3n) is 2.85. The fourth-order valence-electron chi connectivity index (χ4n) is 1.98. The molecule has 0 spiro atoms. The van der Waals surface area contributed by atoms with Crippen LogP contribution in [0.3, 0.4) is 0 Å². The molecule has 0 aliphatic rings. The molecule has 0 saturated heterocycles. The van der Waals surface area contributed by atoms with Crippen molar-refractivity contribution in [2.45, 2.75) is 13.0 Å². The highest BCUT2D eigenvalue weighted by Gasteiger charge is 2.23. The van der Waals surface area contributed by atoms with Crippen LogP contribution in [0.25, 0.3) is 0 Å². The van der Waals surface area contributed by atoms with Crippen molar-refractivity contribution in [3.05, 3.63) is 23.3 Å². The van der Waals surface area contributed by atoms with Crippen molar-refractivity contribution < 1.29 is 14.3 Å². The Morgan fingerprint density at radius 3 is 2.11 bits per heavy atom. The number of nitrogens with two attached hydrogens (primary N) is 1. The van der Waals surface area contributed by atoms with Crippen LogP contribution in [-0.4, -0.2) is 39.1 Å². The summed E-state index contributed by atoms with van der Waals surface area (Å²) in [6, 6.07) is 3.15. The molecule has 1 aromatic carbocycles. The monoisotopic (exact) mass is 252 g/mol. The van der Waals surface area contributed by atoms with Crippen LogP contribution in [0.5, 0.6) is 11.5 Å². The minimum absolute atomic E-state index is 0.393. The fourth-order valence-corrected chi connectivity index (χ4v) is 1.98. The molecule has 0 aliphatic heterocycles. The average molecular weight is 252 g/mol. The van der Waals surface area contributed by atoms with Gasteiger partial charge in [-0.25, -0.2) is 0 Å². The van der Waals surface area contributed by atoms with E-state index in [0.29, 0.717) is 11.5 Å². The standard InChI is InChI=1S/C13H20N2O3/c1-8-6-10(17-4)11(18-5)7-9(8)12(13(14)16)15(2)3/h6-7,12H,1-5H3,(H2,14,16). The molecule has 0 saturated carbocycles. The molecule has 0 radical (unpaired) electrons. The number of amides is 1. The Morgan fingerprint density at radius 1 is 1.22 bits per heavy atom. The molecule has 0 aliphatic carbocycles. The Hall–Kier alpha value is -1.75.